The third-order valence-electron chi connectivity index (χ3n) is 2.98. The predicted molar refractivity (Wildman–Crippen MR) is 64.2 cm³/mol. The van der Waals surface area contributed by atoms with Crippen molar-refractivity contribution in [2.75, 3.05) is 7.05 Å². The van der Waals surface area contributed by atoms with E-state index < -0.39 is 11.5 Å². The van der Waals surface area contributed by atoms with Gasteiger partial charge in [-0.1, -0.05) is 18.2 Å². The maximum absolute atomic E-state index is 13.5. The summed E-state index contributed by atoms with van der Waals surface area (Å²) in [6, 6.07) is 6.54. The average Bonchev–Trinajstić information content (AvgIpc) is 2.19. The monoisotopic (exact) mass is 239 g/mol. The molecule has 0 saturated carbocycles. The fourth-order valence-corrected chi connectivity index (χ4v) is 1.60. The molecule has 0 aromatic heterocycles. The number of rotatable bonds is 5. The van der Waals surface area contributed by atoms with Crippen molar-refractivity contribution >= 4 is 5.97 Å². The van der Waals surface area contributed by atoms with E-state index in [2.05, 4.69) is 0 Å². The molecule has 3 nitrogen and oxygen atoms in total. The Kier molecular flexibility index (Phi) is 4.23. The van der Waals surface area contributed by atoms with Crippen LogP contribution in [0.15, 0.2) is 24.3 Å². The van der Waals surface area contributed by atoms with Crippen LogP contribution in [0.5, 0.6) is 0 Å². The Morgan fingerprint density at radius 2 is 2.00 bits per heavy atom. The van der Waals surface area contributed by atoms with Gasteiger partial charge in [-0.2, -0.15) is 0 Å². The summed E-state index contributed by atoms with van der Waals surface area (Å²) >= 11 is 0. The molecule has 0 fully saturated rings. The number of hydrogen-bond acceptors (Lipinski definition) is 2. The zero-order valence-corrected chi connectivity index (χ0v) is 10.4. The van der Waals surface area contributed by atoms with E-state index >= 15 is 0 Å². The molecule has 1 aromatic carbocycles. The number of carboxylic acid groups (broad SMARTS) is 1. The Bertz CT molecular complexity index is 404. The van der Waals surface area contributed by atoms with Crippen molar-refractivity contribution < 1.29 is 14.3 Å². The van der Waals surface area contributed by atoms with Crippen molar-refractivity contribution in [3.05, 3.63) is 35.6 Å². The molecule has 0 unspecified atom stereocenters. The van der Waals surface area contributed by atoms with Crippen LogP contribution in [0.3, 0.4) is 0 Å². The molecule has 0 aliphatic carbocycles. The van der Waals surface area contributed by atoms with E-state index in [9.17, 15) is 9.18 Å². The van der Waals surface area contributed by atoms with E-state index in [0.717, 1.165) is 0 Å². The van der Waals surface area contributed by atoms with Gasteiger partial charge < -0.3 is 5.11 Å². The predicted octanol–water partition coefficient (Wildman–Crippen LogP) is 2.51. The summed E-state index contributed by atoms with van der Waals surface area (Å²) in [5.41, 5.74) is 0.0714. The summed E-state index contributed by atoms with van der Waals surface area (Å²) in [7, 11) is 1.80. The largest absolute Gasteiger partial charge is 0.481 e. The van der Waals surface area contributed by atoms with E-state index in [-0.39, 0.29) is 12.2 Å². The van der Waals surface area contributed by atoms with Gasteiger partial charge >= 0.3 is 5.97 Å². The highest BCUT2D eigenvalue weighted by Crippen LogP contribution is 2.20. The average molecular weight is 239 g/mol. The van der Waals surface area contributed by atoms with Gasteiger partial charge in [0.05, 0.1) is 6.42 Å². The zero-order valence-electron chi connectivity index (χ0n) is 10.4. The third-order valence-corrected chi connectivity index (χ3v) is 2.98. The topological polar surface area (TPSA) is 40.5 Å². The number of halogens is 1. The first kappa shape index (κ1) is 13.6. The molecule has 0 spiro atoms. The first-order chi connectivity index (χ1) is 7.83. The SMILES string of the molecule is CN(Cc1ccccc1F)C(C)(C)CC(=O)O. The molecule has 94 valence electrons. The van der Waals surface area contributed by atoms with Crippen LogP contribution >= 0.6 is 0 Å². The van der Waals surface area contributed by atoms with Crippen LogP contribution in [-0.4, -0.2) is 28.6 Å². The van der Waals surface area contributed by atoms with Crippen molar-refractivity contribution in [3.63, 3.8) is 0 Å². The quantitative estimate of drug-likeness (QED) is 0.858. The van der Waals surface area contributed by atoms with Crippen molar-refractivity contribution in [1.82, 2.24) is 4.90 Å². The van der Waals surface area contributed by atoms with Gasteiger partial charge in [0.25, 0.3) is 0 Å². The first-order valence-electron chi connectivity index (χ1n) is 5.49. The maximum atomic E-state index is 13.5. The molecule has 0 aliphatic heterocycles. The van der Waals surface area contributed by atoms with Gasteiger partial charge in [-0.25, -0.2) is 4.39 Å². The molecular weight excluding hydrogens is 221 g/mol. The van der Waals surface area contributed by atoms with Crippen LogP contribution in [0.1, 0.15) is 25.8 Å². The molecule has 1 N–H and O–H groups in total. The van der Waals surface area contributed by atoms with Crippen LogP contribution in [0, 0.1) is 5.82 Å². The van der Waals surface area contributed by atoms with Crippen molar-refractivity contribution in [1.29, 1.82) is 0 Å². The van der Waals surface area contributed by atoms with Crippen LogP contribution in [0.2, 0.25) is 0 Å². The molecule has 0 heterocycles. The minimum Gasteiger partial charge on any atom is -0.481 e. The second-order valence-corrected chi connectivity index (χ2v) is 4.83. The first-order valence-corrected chi connectivity index (χ1v) is 5.49. The molecule has 0 bridgehead atoms. The summed E-state index contributed by atoms with van der Waals surface area (Å²) in [6.45, 7) is 4.07. The highest BCUT2D eigenvalue weighted by molar-refractivity contribution is 5.68. The third kappa shape index (κ3) is 3.82. The molecule has 0 radical (unpaired) electrons. The minimum absolute atomic E-state index is 0.0257. The highest BCUT2D eigenvalue weighted by Gasteiger charge is 2.27. The molecule has 17 heavy (non-hydrogen) atoms. The smallest absolute Gasteiger partial charge is 0.305 e. The van der Waals surface area contributed by atoms with Crippen LogP contribution in [0.25, 0.3) is 0 Å². The second-order valence-electron chi connectivity index (χ2n) is 4.83. The Hall–Kier alpha value is -1.42. The summed E-state index contributed by atoms with van der Waals surface area (Å²) in [5.74, 6) is -1.11. The molecular formula is C13H18FNO2. The van der Waals surface area contributed by atoms with Crippen molar-refractivity contribution in [2.45, 2.75) is 32.4 Å². The van der Waals surface area contributed by atoms with Gasteiger partial charge in [-0.3, -0.25) is 9.69 Å². The second kappa shape index (κ2) is 5.27. The lowest BCUT2D eigenvalue weighted by atomic mass is 9.98. The van der Waals surface area contributed by atoms with Crippen molar-refractivity contribution in [3.8, 4) is 0 Å². The zero-order chi connectivity index (χ0) is 13.1. The van der Waals surface area contributed by atoms with Gasteiger partial charge in [-0.05, 0) is 27.0 Å². The summed E-state index contributed by atoms with van der Waals surface area (Å²) in [5, 5.41) is 8.82. The summed E-state index contributed by atoms with van der Waals surface area (Å²) in [4.78, 5) is 12.6. The summed E-state index contributed by atoms with van der Waals surface area (Å²) < 4.78 is 13.5. The Morgan fingerprint density at radius 1 is 1.41 bits per heavy atom. The van der Waals surface area contributed by atoms with Gasteiger partial charge in [0.15, 0.2) is 0 Å². The van der Waals surface area contributed by atoms with E-state index in [1.807, 2.05) is 18.7 Å². The lowest BCUT2D eigenvalue weighted by Crippen LogP contribution is -2.42. The molecule has 0 saturated heterocycles. The van der Waals surface area contributed by atoms with E-state index in [4.69, 9.17) is 5.11 Å². The lowest BCUT2D eigenvalue weighted by Gasteiger charge is -2.34. The molecule has 0 aliphatic rings. The fraction of sp³-hybridized carbons (Fsp3) is 0.462. The van der Waals surface area contributed by atoms with E-state index in [1.54, 1.807) is 25.2 Å². The fourth-order valence-electron chi connectivity index (χ4n) is 1.60. The molecule has 0 amide bonds. The number of carbonyl (C=O) groups is 1. The number of hydrogen-bond donors (Lipinski definition) is 1. The number of carboxylic acids is 1. The van der Waals surface area contributed by atoms with Gasteiger partial charge in [0, 0.05) is 17.6 Å². The van der Waals surface area contributed by atoms with Crippen molar-refractivity contribution in [2.24, 2.45) is 0 Å². The standard InChI is InChI=1S/C13H18FNO2/c1-13(2,8-12(16)17)15(3)9-10-6-4-5-7-11(10)14/h4-7H,8-9H2,1-3H3,(H,16,17). The van der Waals surface area contributed by atoms with E-state index in [0.29, 0.717) is 12.1 Å². The molecule has 0 atom stereocenters. The van der Waals surface area contributed by atoms with Gasteiger partial charge in [-0.15, -0.1) is 0 Å². The van der Waals surface area contributed by atoms with Crippen LogP contribution in [0.4, 0.5) is 4.39 Å². The Labute approximate surface area is 101 Å². The molecule has 1 aromatic rings. The van der Waals surface area contributed by atoms with Gasteiger partial charge in [0.2, 0.25) is 0 Å². The Balaban J connectivity index is 2.75. The Morgan fingerprint density at radius 3 is 2.53 bits per heavy atom. The number of benzene rings is 1. The number of nitrogens with zero attached hydrogens (tertiary/aromatic N) is 1. The van der Waals surface area contributed by atoms with Crippen LogP contribution < -0.4 is 0 Å². The van der Waals surface area contributed by atoms with E-state index in [1.165, 1.54) is 6.07 Å². The van der Waals surface area contributed by atoms with Gasteiger partial charge in [0.1, 0.15) is 5.82 Å². The lowest BCUT2D eigenvalue weighted by molar-refractivity contribution is -0.139. The maximum Gasteiger partial charge on any atom is 0.305 e. The highest BCUT2D eigenvalue weighted by atomic mass is 19.1. The number of aliphatic carboxylic acids is 1. The summed E-state index contributed by atoms with van der Waals surface area (Å²) in [6.07, 6.45) is 0.0257. The molecule has 1 rings (SSSR count). The molecule has 4 heteroatoms. The minimum atomic E-state index is -0.851. The normalized spacial score (nSPS) is 11.8. The van der Waals surface area contributed by atoms with Crippen LogP contribution in [-0.2, 0) is 11.3 Å².